The van der Waals surface area contributed by atoms with Gasteiger partial charge < -0.3 is 0 Å². The minimum Gasteiger partial charge on any atom is -0.236 e. The van der Waals surface area contributed by atoms with E-state index in [1.54, 1.807) is 0 Å². The summed E-state index contributed by atoms with van der Waals surface area (Å²) in [7, 11) is 0. The molecule has 0 saturated carbocycles. The molecule has 13 rings (SSSR count). The molecule has 0 amide bonds. The molecule has 0 aliphatic heterocycles. The zero-order chi connectivity index (χ0) is 41.5. The monoisotopic (exact) mass is 800 g/mol. The Kier molecular flexibility index (Phi) is 7.79. The summed E-state index contributed by atoms with van der Waals surface area (Å²) in [5, 5.41) is 4.51. The summed E-state index contributed by atoms with van der Waals surface area (Å²) in [4.78, 5) is 21.2. The topological polar surface area (TPSA) is 51.6 Å². The zero-order valence-corrected chi connectivity index (χ0v) is 34.1. The predicted molar refractivity (Wildman–Crippen MR) is 256 cm³/mol. The maximum atomic E-state index is 5.75. The average Bonchev–Trinajstić information content (AvgIpc) is 3.83. The lowest BCUT2D eigenvalue weighted by molar-refractivity contribution is 0.758. The van der Waals surface area contributed by atoms with Crippen molar-refractivity contribution in [2.24, 2.45) is 0 Å². The van der Waals surface area contributed by atoms with Crippen LogP contribution in [0.5, 0.6) is 0 Å². The summed E-state index contributed by atoms with van der Waals surface area (Å²) in [6.45, 7) is 0. The van der Waals surface area contributed by atoms with Crippen molar-refractivity contribution in [2.45, 2.75) is 5.41 Å². The first-order chi connectivity index (χ1) is 31.3. The van der Waals surface area contributed by atoms with E-state index in [1.807, 2.05) is 36.4 Å². The highest BCUT2D eigenvalue weighted by atomic mass is 14.9. The van der Waals surface area contributed by atoms with Crippen LogP contribution in [0, 0.1) is 0 Å². The van der Waals surface area contributed by atoms with Crippen molar-refractivity contribution in [3.8, 4) is 78.7 Å². The maximum Gasteiger partial charge on any atom is 0.160 e. The molecule has 9 aromatic carbocycles. The van der Waals surface area contributed by atoms with E-state index in [9.17, 15) is 0 Å². The van der Waals surface area contributed by atoms with Gasteiger partial charge in [-0.2, -0.15) is 0 Å². The van der Waals surface area contributed by atoms with Gasteiger partial charge in [0, 0.05) is 34.0 Å². The summed E-state index contributed by atoms with van der Waals surface area (Å²) >= 11 is 0. The van der Waals surface area contributed by atoms with Gasteiger partial charge in [-0.3, -0.25) is 0 Å². The minimum absolute atomic E-state index is 0.559. The highest BCUT2D eigenvalue weighted by Crippen LogP contribution is 2.62. The Morgan fingerprint density at radius 3 is 1.22 bits per heavy atom. The van der Waals surface area contributed by atoms with Crippen LogP contribution in [0.2, 0.25) is 0 Å². The lowest BCUT2D eigenvalue weighted by atomic mass is 9.72. The molecule has 0 saturated heterocycles. The van der Waals surface area contributed by atoms with Crippen molar-refractivity contribution in [3.05, 3.63) is 241 Å². The molecule has 4 nitrogen and oxygen atoms in total. The standard InChI is InChI=1S/C59H36N4/c1-3-17-37(18-4-1)52-35-53(38-19-5-2-6-20-38)62-57(61-52)40-33-31-39(32-34-40)54-44-24-7-9-26-46(44)55(47-27-10-8-25-45(47)54)58-60-36-48-43-23-13-16-30-51(43)59(56(48)63-58)49-28-14-11-21-41(49)42-22-12-15-29-50(42)59/h1-36H. The van der Waals surface area contributed by atoms with Crippen LogP contribution < -0.4 is 0 Å². The van der Waals surface area contributed by atoms with Gasteiger partial charge in [0.25, 0.3) is 0 Å². The van der Waals surface area contributed by atoms with Gasteiger partial charge in [0.1, 0.15) is 0 Å². The van der Waals surface area contributed by atoms with E-state index < -0.39 is 5.41 Å². The van der Waals surface area contributed by atoms with E-state index >= 15 is 0 Å². The van der Waals surface area contributed by atoms with E-state index in [-0.39, 0.29) is 0 Å². The third-order valence-corrected chi connectivity index (χ3v) is 13.2. The number of benzene rings is 9. The van der Waals surface area contributed by atoms with Gasteiger partial charge in [-0.25, -0.2) is 19.9 Å². The van der Waals surface area contributed by atoms with E-state index in [2.05, 4.69) is 182 Å². The second-order valence-corrected chi connectivity index (χ2v) is 16.5. The van der Waals surface area contributed by atoms with Crippen LogP contribution in [0.3, 0.4) is 0 Å². The molecule has 0 bridgehead atoms. The number of fused-ring (bicyclic) bond motifs is 12. The van der Waals surface area contributed by atoms with E-state index in [1.165, 1.54) is 38.9 Å². The van der Waals surface area contributed by atoms with Crippen molar-refractivity contribution >= 4 is 21.5 Å². The second-order valence-electron chi connectivity index (χ2n) is 16.5. The summed E-state index contributed by atoms with van der Waals surface area (Å²) in [6, 6.07) is 75.5. The van der Waals surface area contributed by atoms with Crippen molar-refractivity contribution in [1.82, 2.24) is 19.9 Å². The Bertz CT molecular complexity index is 3440. The summed E-state index contributed by atoms with van der Waals surface area (Å²) in [5.74, 6) is 1.41. The molecule has 0 unspecified atom stereocenters. The van der Waals surface area contributed by atoms with Crippen molar-refractivity contribution in [3.63, 3.8) is 0 Å². The summed E-state index contributed by atoms with van der Waals surface area (Å²) in [5.41, 5.74) is 17.2. The molecule has 4 heteroatoms. The Morgan fingerprint density at radius 2 is 0.714 bits per heavy atom. The molecule has 0 atom stereocenters. The lowest BCUT2D eigenvalue weighted by Gasteiger charge is -2.29. The maximum absolute atomic E-state index is 5.75. The molecular formula is C59H36N4. The van der Waals surface area contributed by atoms with Crippen molar-refractivity contribution < 1.29 is 0 Å². The largest absolute Gasteiger partial charge is 0.236 e. The summed E-state index contributed by atoms with van der Waals surface area (Å²) in [6.07, 6.45) is 2.07. The quantitative estimate of drug-likeness (QED) is 0.163. The van der Waals surface area contributed by atoms with Crippen LogP contribution in [0.15, 0.2) is 219 Å². The van der Waals surface area contributed by atoms with Crippen LogP contribution >= 0.6 is 0 Å². The van der Waals surface area contributed by atoms with Crippen LogP contribution in [0.25, 0.3) is 100 Å². The number of aromatic nitrogens is 4. The Balaban J connectivity index is 0.989. The van der Waals surface area contributed by atoms with E-state index in [0.717, 1.165) is 77.8 Å². The molecule has 0 radical (unpaired) electrons. The third kappa shape index (κ3) is 5.22. The molecule has 1 spiro atoms. The SMILES string of the molecule is c1ccc(-c2cc(-c3ccccc3)nc(-c3ccc(-c4c5ccccc5c(-c5ncc6c(n5)C5(c7ccccc7-c7ccccc75)c5ccccc5-6)c5ccccc45)cc3)n2)cc1. The number of nitrogens with zero attached hydrogens (tertiary/aromatic N) is 4. The molecule has 292 valence electrons. The fourth-order valence-electron chi connectivity index (χ4n) is 10.5. The van der Waals surface area contributed by atoms with Crippen molar-refractivity contribution in [2.75, 3.05) is 0 Å². The first-order valence-corrected chi connectivity index (χ1v) is 21.5. The van der Waals surface area contributed by atoms with Crippen LogP contribution in [0.1, 0.15) is 22.4 Å². The molecule has 2 aromatic heterocycles. The molecular weight excluding hydrogens is 765 g/mol. The highest BCUT2D eigenvalue weighted by molar-refractivity contribution is 6.21. The molecule has 0 fully saturated rings. The van der Waals surface area contributed by atoms with Crippen LogP contribution in [0.4, 0.5) is 0 Å². The Labute approximate surface area is 364 Å². The van der Waals surface area contributed by atoms with Crippen LogP contribution in [-0.4, -0.2) is 19.9 Å². The van der Waals surface area contributed by atoms with Gasteiger partial charge in [-0.15, -0.1) is 0 Å². The second kappa shape index (κ2) is 13.8. The summed E-state index contributed by atoms with van der Waals surface area (Å²) < 4.78 is 0. The highest BCUT2D eigenvalue weighted by Gasteiger charge is 2.53. The fraction of sp³-hybridized carbons (Fsp3) is 0.0169. The molecule has 2 aliphatic carbocycles. The normalized spacial score (nSPS) is 12.9. The van der Waals surface area contributed by atoms with Crippen molar-refractivity contribution in [1.29, 1.82) is 0 Å². The molecule has 0 N–H and O–H groups in total. The van der Waals surface area contributed by atoms with Gasteiger partial charge in [0.15, 0.2) is 11.6 Å². The number of rotatable bonds is 5. The first-order valence-electron chi connectivity index (χ1n) is 21.5. The van der Waals surface area contributed by atoms with Gasteiger partial charge >= 0.3 is 0 Å². The third-order valence-electron chi connectivity index (χ3n) is 13.2. The number of hydrogen-bond acceptors (Lipinski definition) is 4. The van der Waals surface area contributed by atoms with Crippen LogP contribution in [-0.2, 0) is 5.41 Å². The molecule has 2 heterocycles. The average molecular weight is 801 g/mol. The number of hydrogen-bond donors (Lipinski definition) is 0. The Morgan fingerprint density at radius 1 is 0.302 bits per heavy atom. The Hall–Kier alpha value is -8.34. The predicted octanol–water partition coefficient (Wildman–Crippen LogP) is 14.3. The van der Waals surface area contributed by atoms with Gasteiger partial charge in [-0.1, -0.05) is 206 Å². The zero-order valence-electron chi connectivity index (χ0n) is 34.1. The molecule has 2 aliphatic rings. The van der Waals surface area contributed by atoms with Gasteiger partial charge in [-0.05, 0) is 72.1 Å². The minimum atomic E-state index is -0.559. The molecule has 11 aromatic rings. The van der Waals surface area contributed by atoms with E-state index in [0.29, 0.717) is 5.82 Å². The van der Waals surface area contributed by atoms with Gasteiger partial charge in [0.2, 0.25) is 0 Å². The van der Waals surface area contributed by atoms with E-state index in [4.69, 9.17) is 19.9 Å². The smallest absolute Gasteiger partial charge is 0.160 e. The molecule has 63 heavy (non-hydrogen) atoms. The first kappa shape index (κ1) is 35.4. The lowest BCUT2D eigenvalue weighted by Crippen LogP contribution is -2.27. The fourth-order valence-corrected chi connectivity index (χ4v) is 10.5. The van der Waals surface area contributed by atoms with Gasteiger partial charge in [0.05, 0.1) is 22.5 Å².